The topological polar surface area (TPSA) is 110 Å². The molecule has 0 spiro atoms. The van der Waals surface area contributed by atoms with E-state index in [9.17, 15) is 25.2 Å². The van der Waals surface area contributed by atoms with Crippen molar-refractivity contribution in [1.82, 2.24) is 5.32 Å². The third-order valence-electron chi connectivity index (χ3n) is 7.94. The lowest BCUT2D eigenvalue weighted by molar-refractivity contribution is -0.132. The Kier molecular flexibility index (Phi) is 29.4. The molecule has 0 rings (SSSR count). The first-order valence-electron chi connectivity index (χ1n) is 17.2. The summed E-state index contributed by atoms with van der Waals surface area (Å²) in [5, 5.41) is 43.3. The Balaban J connectivity index is 3.90. The largest absolute Gasteiger partial charge is 0.394 e. The van der Waals surface area contributed by atoms with Gasteiger partial charge < -0.3 is 25.7 Å². The summed E-state index contributed by atoms with van der Waals surface area (Å²) in [7, 11) is 0. The monoisotopic (exact) mass is 582 g/mol. The van der Waals surface area contributed by atoms with E-state index in [-0.39, 0.29) is 0 Å². The van der Waals surface area contributed by atoms with Crippen LogP contribution in [0.2, 0.25) is 0 Å². The van der Waals surface area contributed by atoms with Crippen LogP contribution in [0, 0.1) is 0 Å². The lowest BCUT2D eigenvalue weighted by atomic mass is 9.99. The van der Waals surface area contributed by atoms with Gasteiger partial charge in [-0.1, -0.05) is 147 Å². The Labute approximate surface area is 253 Å². The van der Waals surface area contributed by atoms with Crippen LogP contribution in [0.15, 0.2) is 24.3 Å². The summed E-state index contributed by atoms with van der Waals surface area (Å²) < 4.78 is 0. The molecule has 41 heavy (non-hydrogen) atoms. The normalized spacial score (nSPS) is 15.0. The average Bonchev–Trinajstić information content (AvgIpc) is 2.98. The van der Waals surface area contributed by atoms with Crippen LogP contribution >= 0.6 is 0 Å². The van der Waals surface area contributed by atoms with Gasteiger partial charge >= 0.3 is 0 Å². The highest BCUT2D eigenvalue weighted by molar-refractivity contribution is 5.80. The second-order valence-corrected chi connectivity index (χ2v) is 11.9. The molecule has 0 aliphatic heterocycles. The van der Waals surface area contributed by atoms with Gasteiger partial charge in [0.05, 0.1) is 18.8 Å². The minimum atomic E-state index is -1.26. The molecule has 0 bridgehead atoms. The van der Waals surface area contributed by atoms with Crippen molar-refractivity contribution in [3.8, 4) is 0 Å². The summed E-state index contributed by atoms with van der Waals surface area (Å²) in [4.78, 5) is 12.4. The zero-order valence-corrected chi connectivity index (χ0v) is 26.8. The number of carbonyl (C=O) groups excluding carboxylic acids is 1. The van der Waals surface area contributed by atoms with Crippen molar-refractivity contribution in [1.29, 1.82) is 0 Å². The fourth-order valence-electron chi connectivity index (χ4n) is 5.10. The van der Waals surface area contributed by atoms with Gasteiger partial charge in [0.15, 0.2) is 0 Å². The van der Waals surface area contributed by atoms with Crippen LogP contribution in [-0.2, 0) is 4.79 Å². The highest BCUT2D eigenvalue weighted by Gasteiger charge is 2.28. The van der Waals surface area contributed by atoms with Gasteiger partial charge in [-0.2, -0.15) is 0 Å². The number of hydrogen-bond acceptors (Lipinski definition) is 5. The van der Waals surface area contributed by atoms with Crippen LogP contribution in [0.25, 0.3) is 0 Å². The number of hydrogen-bond donors (Lipinski definition) is 5. The predicted molar refractivity (Wildman–Crippen MR) is 173 cm³/mol. The number of aliphatic hydroxyl groups is 4. The lowest BCUT2D eigenvalue weighted by Gasteiger charge is -2.27. The van der Waals surface area contributed by atoms with E-state index in [2.05, 4.69) is 43.5 Å². The Morgan fingerprint density at radius 2 is 1.02 bits per heavy atom. The molecular weight excluding hydrogens is 514 g/mol. The molecule has 0 aliphatic carbocycles. The fraction of sp³-hybridized carbons (Fsp3) is 0.857. The SMILES string of the molecule is CCCCC/C=C\C=C/CCCCCCCC(O)C(=O)NC(CO)C(O)C(O)CCCCCCCCCCCCC. The molecule has 0 heterocycles. The van der Waals surface area contributed by atoms with Crippen LogP contribution in [0.4, 0.5) is 0 Å². The third kappa shape index (κ3) is 25.0. The summed E-state index contributed by atoms with van der Waals surface area (Å²) in [6, 6.07) is -0.987. The highest BCUT2D eigenvalue weighted by Crippen LogP contribution is 2.15. The Morgan fingerprint density at radius 1 is 0.610 bits per heavy atom. The number of nitrogens with one attached hydrogen (secondary N) is 1. The van der Waals surface area contributed by atoms with E-state index in [1.54, 1.807) is 0 Å². The molecule has 4 atom stereocenters. The predicted octanol–water partition coefficient (Wildman–Crippen LogP) is 7.67. The smallest absolute Gasteiger partial charge is 0.249 e. The molecule has 0 aromatic rings. The van der Waals surface area contributed by atoms with Gasteiger partial charge in [0, 0.05) is 0 Å². The number of amides is 1. The molecule has 0 aliphatic rings. The molecule has 242 valence electrons. The van der Waals surface area contributed by atoms with E-state index in [1.807, 2.05) is 0 Å². The van der Waals surface area contributed by atoms with E-state index in [0.717, 1.165) is 64.2 Å². The first kappa shape index (κ1) is 39.8. The summed E-state index contributed by atoms with van der Waals surface area (Å²) in [5.74, 6) is -0.599. The number of rotatable bonds is 30. The van der Waals surface area contributed by atoms with Crippen LogP contribution in [0.5, 0.6) is 0 Å². The van der Waals surface area contributed by atoms with Gasteiger partial charge in [-0.25, -0.2) is 0 Å². The molecule has 6 heteroatoms. The second-order valence-electron chi connectivity index (χ2n) is 11.9. The van der Waals surface area contributed by atoms with Crippen molar-refractivity contribution >= 4 is 5.91 Å². The number of carbonyl (C=O) groups is 1. The third-order valence-corrected chi connectivity index (χ3v) is 7.94. The standard InChI is InChI=1S/C35H67NO5/c1-3-5-7-9-11-13-15-16-17-19-21-23-25-27-29-33(39)35(41)36-31(30-37)34(40)32(38)28-26-24-22-20-18-14-12-10-8-6-4-2/h11,13,15-16,31-34,37-40H,3-10,12,14,17-30H2,1-2H3,(H,36,41)/b13-11-,16-15-. The minimum absolute atomic E-state index is 0.351. The first-order chi connectivity index (χ1) is 20.0. The fourth-order valence-corrected chi connectivity index (χ4v) is 5.10. The molecule has 0 aromatic carbocycles. The zero-order chi connectivity index (χ0) is 30.4. The van der Waals surface area contributed by atoms with E-state index in [1.165, 1.54) is 70.6 Å². The average molecular weight is 582 g/mol. The molecule has 0 aromatic heterocycles. The Morgan fingerprint density at radius 3 is 1.54 bits per heavy atom. The number of unbranched alkanes of at least 4 members (excludes halogenated alkanes) is 18. The zero-order valence-electron chi connectivity index (χ0n) is 26.8. The Hall–Kier alpha value is -1.21. The van der Waals surface area contributed by atoms with E-state index >= 15 is 0 Å². The Bertz CT molecular complexity index is 624. The molecule has 4 unspecified atom stereocenters. The summed E-state index contributed by atoms with van der Waals surface area (Å²) in [5.41, 5.74) is 0. The number of allylic oxidation sites excluding steroid dienone is 4. The van der Waals surface area contributed by atoms with Gasteiger partial charge in [-0.15, -0.1) is 0 Å². The van der Waals surface area contributed by atoms with Gasteiger partial charge in [-0.3, -0.25) is 4.79 Å². The highest BCUT2D eigenvalue weighted by atomic mass is 16.3. The van der Waals surface area contributed by atoms with Gasteiger partial charge in [0.1, 0.15) is 12.2 Å². The molecular formula is C35H67NO5. The van der Waals surface area contributed by atoms with Crippen LogP contribution in [0.1, 0.15) is 162 Å². The molecule has 5 N–H and O–H groups in total. The molecule has 0 saturated carbocycles. The lowest BCUT2D eigenvalue weighted by Crippen LogP contribution is -2.53. The van der Waals surface area contributed by atoms with E-state index in [4.69, 9.17) is 0 Å². The summed E-state index contributed by atoms with van der Waals surface area (Å²) in [6.07, 6.45) is 30.5. The quantitative estimate of drug-likeness (QED) is 0.0442. The molecule has 0 radical (unpaired) electrons. The van der Waals surface area contributed by atoms with Gasteiger partial charge in [0.2, 0.25) is 5.91 Å². The minimum Gasteiger partial charge on any atom is -0.394 e. The van der Waals surface area contributed by atoms with Crippen LogP contribution < -0.4 is 5.32 Å². The van der Waals surface area contributed by atoms with Crippen molar-refractivity contribution in [2.45, 2.75) is 186 Å². The van der Waals surface area contributed by atoms with Crippen molar-refractivity contribution in [2.24, 2.45) is 0 Å². The van der Waals surface area contributed by atoms with Gasteiger partial charge in [0.25, 0.3) is 0 Å². The van der Waals surface area contributed by atoms with Crippen molar-refractivity contribution in [3.63, 3.8) is 0 Å². The molecule has 0 saturated heterocycles. The van der Waals surface area contributed by atoms with Crippen LogP contribution in [-0.4, -0.2) is 57.3 Å². The summed E-state index contributed by atoms with van der Waals surface area (Å²) >= 11 is 0. The van der Waals surface area contributed by atoms with E-state index < -0.39 is 36.9 Å². The van der Waals surface area contributed by atoms with Crippen molar-refractivity contribution in [2.75, 3.05) is 6.61 Å². The van der Waals surface area contributed by atoms with Gasteiger partial charge in [-0.05, 0) is 38.5 Å². The molecule has 0 fully saturated rings. The van der Waals surface area contributed by atoms with Crippen LogP contribution in [0.3, 0.4) is 0 Å². The first-order valence-corrected chi connectivity index (χ1v) is 17.2. The van der Waals surface area contributed by atoms with E-state index in [0.29, 0.717) is 12.8 Å². The maximum Gasteiger partial charge on any atom is 0.249 e. The molecule has 1 amide bonds. The maximum atomic E-state index is 12.4. The summed E-state index contributed by atoms with van der Waals surface area (Å²) in [6.45, 7) is 3.97. The number of aliphatic hydroxyl groups excluding tert-OH is 4. The second kappa shape index (κ2) is 30.3. The van der Waals surface area contributed by atoms with Crippen molar-refractivity contribution in [3.05, 3.63) is 24.3 Å². The van der Waals surface area contributed by atoms with Crippen molar-refractivity contribution < 1.29 is 25.2 Å². The molecule has 6 nitrogen and oxygen atoms in total. The maximum absolute atomic E-state index is 12.4.